The Morgan fingerprint density at radius 3 is 2.83 bits per heavy atom. The van der Waals surface area contributed by atoms with Crippen molar-refractivity contribution in [3.8, 4) is 11.3 Å². The second kappa shape index (κ2) is 10.4. The summed E-state index contributed by atoms with van der Waals surface area (Å²) in [5.41, 5.74) is 2.27. The Morgan fingerprint density at radius 2 is 2.03 bits per heavy atom. The number of furan rings is 1. The summed E-state index contributed by atoms with van der Waals surface area (Å²) in [5, 5.41) is 11.1. The first-order valence-corrected chi connectivity index (χ1v) is 11.2. The van der Waals surface area contributed by atoms with Crippen molar-refractivity contribution in [3.05, 3.63) is 72.6 Å². The van der Waals surface area contributed by atoms with Gasteiger partial charge < -0.3 is 33.3 Å². The molecule has 3 aromatic heterocycles. The molecule has 0 spiro atoms. The summed E-state index contributed by atoms with van der Waals surface area (Å²) in [5.74, 6) is 1.43. The summed E-state index contributed by atoms with van der Waals surface area (Å²) in [7, 11) is 0. The highest BCUT2D eigenvalue weighted by atomic mass is 19.1. The molecule has 0 bridgehead atoms. The Morgan fingerprint density at radius 1 is 1.11 bits per heavy atom. The molecular formula is C24H24FN5O5. The topological polar surface area (TPSA) is 110 Å². The molecule has 1 atom stereocenters. The lowest BCUT2D eigenvalue weighted by Gasteiger charge is -2.39. The van der Waals surface area contributed by atoms with Gasteiger partial charge in [0.05, 0.1) is 19.4 Å². The number of halogens is 1. The molecule has 4 heterocycles. The SMILES string of the molecule is O=C(COCc1ccco1)N1CCN(c2ccccc2-c2cc(CNc3ccon3)on2)CC1F. The van der Waals surface area contributed by atoms with Crippen LogP contribution in [0.2, 0.25) is 0 Å². The van der Waals surface area contributed by atoms with Gasteiger partial charge in [-0.15, -0.1) is 0 Å². The molecule has 1 aliphatic rings. The molecular weight excluding hydrogens is 457 g/mol. The number of aromatic nitrogens is 2. The molecule has 0 aliphatic carbocycles. The highest BCUT2D eigenvalue weighted by Crippen LogP contribution is 2.32. The molecule has 1 unspecified atom stereocenters. The van der Waals surface area contributed by atoms with Gasteiger partial charge in [0.15, 0.2) is 17.9 Å². The van der Waals surface area contributed by atoms with Crippen molar-refractivity contribution in [2.75, 3.05) is 36.5 Å². The molecule has 1 aliphatic heterocycles. The summed E-state index contributed by atoms with van der Waals surface area (Å²) in [6.45, 7) is 1.10. The van der Waals surface area contributed by atoms with E-state index in [2.05, 4.69) is 15.6 Å². The number of alkyl halides is 1. The average molecular weight is 481 g/mol. The van der Waals surface area contributed by atoms with E-state index in [1.54, 1.807) is 18.2 Å². The van der Waals surface area contributed by atoms with Gasteiger partial charge in [0.25, 0.3) is 5.91 Å². The van der Waals surface area contributed by atoms with E-state index in [0.717, 1.165) is 11.3 Å². The fourth-order valence-electron chi connectivity index (χ4n) is 3.93. The van der Waals surface area contributed by atoms with E-state index < -0.39 is 12.2 Å². The first-order chi connectivity index (χ1) is 17.2. The number of hydrogen-bond acceptors (Lipinski definition) is 9. The number of carbonyl (C=O) groups is 1. The Balaban J connectivity index is 1.20. The molecule has 1 amide bonds. The first kappa shape index (κ1) is 22.7. The summed E-state index contributed by atoms with van der Waals surface area (Å²) >= 11 is 0. The third-order valence-electron chi connectivity index (χ3n) is 5.65. The standard InChI is InChI=1S/C24H24FN5O5/c25-22-14-29(8-9-30(22)24(31)16-32-15-17-4-3-10-33-17)21-6-2-1-5-19(21)20-12-18(35-27-20)13-26-23-7-11-34-28-23/h1-7,10-12,22H,8-9,13-16H2,(H,26,28). The number of piperazine rings is 1. The van der Waals surface area contributed by atoms with Gasteiger partial charge in [0, 0.05) is 36.5 Å². The van der Waals surface area contributed by atoms with Crippen LogP contribution in [0, 0.1) is 0 Å². The number of para-hydroxylation sites is 1. The zero-order valence-electron chi connectivity index (χ0n) is 18.8. The molecule has 11 heteroatoms. The minimum atomic E-state index is -1.46. The fourth-order valence-corrected chi connectivity index (χ4v) is 3.93. The number of amides is 1. The van der Waals surface area contributed by atoms with Crippen LogP contribution in [0.3, 0.4) is 0 Å². The minimum absolute atomic E-state index is 0.0410. The minimum Gasteiger partial charge on any atom is -0.467 e. The molecule has 0 radical (unpaired) electrons. The van der Waals surface area contributed by atoms with E-state index in [9.17, 15) is 4.79 Å². The van der Waals surface area contributed by atoms with E-state index in [0.29, 0.717) is 36.1 Å². The predicted octanol–water partition coefficient (Wildman–Crippen LogP) is 3.70. The number of hydrogen-bond donors (Lipinski definition) is 1. The van der Waals surface area contributed by atoms with Gasteiger partial charge in [-0.1, -0.05) is 28.5 Å². The molecule has 35 heavy (non-hydrogen) atoms. The number of rotatable bonds is 9. The summed E-state index contributed by atoms with van der Waals surface area (Å²) < 4.78 is 35.8. The maximum atomic E-state index is 15.0. The number of nitrogens with one attached hydrogen (secondary N) is 1. The zero-order valence-corrected chi connectivity index (χ0v) is 18.8. The Hall–Kier alpha value is -4.12. The first-order valence-electron chi connectivity index (χ1n) is 11.2. The molecule has 182 valence electrons. The Kier molecular flexibility index (Phi) is 6.75. The molecule has 1 fully saturated rings. The second-order valence-corrected chi connectivity index (χ2v) is 7.97. The van der Waals surface area contributed by atoms with E-state index in [-0.39, 0.29) is 26.3 Å². The fraction of sp³-hybridized carbons (Fsp3) is 0.292. The smallest absolute Gasteiger partial charge is 0.250 e. The Labute approximate surface area is 200 Å². The lowest BCUT2D eigenvalue weighted by molar-refractivity contribution is -0.143. The normalized spacial score (nSPS) is 16.0. The quantitative estimate of drug-likeness (QED) is 0.358. The van der Waals surface area contributed by atoms with Crippen LogP contribution in [0.1, 0.15) is 11.5 Å². The number of carbonyl (C=O) groups excluding carboxylic acids is 1. The third-order valence-corrected chi connectivity index (χ3v) is 5.65. The van der Waals surface area contributed by atoms with Crippen molar-refractivity contribution >= 4 is 17.4 Å². The van der Waals surface area contributed by atoms with Crippen LogP contribution in [0.5, 0.6) is 0 Å². The predicted molar refractivity (Wildman–Crippen MR) is 123 cm³/mol. The third kappa shape index (κ3) is 5.35. The van der Waals surface area contributed by atoms with Crippen LogP contribution < -0.4 is 10.2 Å². The number of benzene rings is 1. The lowest BCUT2D eigenvalue weighted by atomic mass is 10.1. The largest absolute Gasteiger partial charge is 0.467 e. The van der Waals surface area contributed by atoms with Crippen LogP contribution in [0.15, 0.2) is 74.5 Å². The maximum absolute atomic E-state index is 15.0. The van der Waals surface area contributed by atoms with Crippen LogP contribution in [0.25, 0.3) is 11.3 Å². The molecule has 4 aromatic rings. The summed E-state index contributed by atoms with van der Waals surface area (Å²) in [4.78, 5) is 15.6. The van der Waals surface area contributed by atoms with Crippen LogP contribution >= 0.6 is 0 Å². The molecule has 1 saturated heterocycles. The van der Waals surface area contributed by atoms with Gasteiger partial charge in [-0.05, 0) is 18.2 Å². The van der Waals surface area contributed by atoms with Crippen molar-refractivity contribution in [1.82, 2.24) is 15.2 Å². The summed E-state index contributed by atoms with van der Waals surface area (Å²) in [6, 6.07) is 14.6. The van der Waals surface area contributed by atoms with Gasteiger partial charge in [-0.3, -0.25) is 4.79 Å². The van der Waals surface area contributed by atoms with Crippen molar-refractivity contribution < 1.29 is 27.4 Å². The van der Waals surface area contributed by atoms with Crippen molar-refractivity contribution in [2.24, 2.45) is 0 Å². The molecule has 0 saturated carbocycles. The van der Waals surface area contributed by atoms with Gasteiger partial charge in [0.2, 0.25) is 0 Å². The highest BCUT2D eigenvalue weighted by molar-refractivity contribution is 5.79. The lowest BCUT2D eigenvalue weighted by Crippen LogP contribution is -2.54. The van der Waals surface area contributed by atoms with E-state index in [1.165, 1.54) is 17.4 Å². The van der Waals surface area contributed by atoms with E-state index >= 15 is 4.39 Å². The second-order valence-electron chi connectivity index (χ2n) is 7.97. The van der Waals surface area contributed by atoms with Gasteiger partial charge in [-0.2, -0.15) is 0 Å². The van der Waals surface area contributed by atoms with Gasteiger partial charge in [-0.25, -0.2) is 4.39 Å². The maximum Gasteiger partial charge on any atom is 0.250 e. The average Bonchev–Trinajstić information content (AvgIpc) is 3.66. The molecule has 1 aromatic carbocycles. The van der Waals surface area contributed by atoms with Crippen molar-refractivity contribution in [3.63, 3.8) is 0 Å². The van der Waals surface area contributed by atoms with Crippen molar-refractivity contribution in [2.45, 2.75) is 19.4 Å². The zero-order chi connectivity index (χ0) is 24.0. The van der Waals surface area contributed by atoms with Crippen molar-refractivity contribution in [1.29, 1.82) is 0 Å². The Bertz CT molecular complexity index is 1230. The number of nitrogens with zero attached hydrogens (tertiary/aromatic N) is 4. The number of anilines is 2. The van der Waals surface area contributed by atoms with Gasteiger partial charge in [0.1, 0.15) is 30.9 Å². The number of ether oxygens (including phenoxy) is 1. The van der Waals surface area contributed by atoms with E-state index in [1.807, 2.05) is 35.2 Å². The summed E-state index contributed by atoms with van der Waals surface area (Å²) in [6.07, 6.45) is 1.55. The van der Waals surface area contributed by atoms with Gasteiger partial charge >= 0.3 is 0 Å². The van der Waals surface area contributed by atoms with Crippen LogP contribution in [-0.2, 0) is 22.7 Å². The molecule has 1 N–H and O–H groups in total. The monoisotopic (exact) mass is 481 g/mol. The molecule has 10 nitrogen and oxygen atoms in total. The van der Waals surface area contributed by atoms with Crippen LogP contribution in [-0.4, -0.2) is 53.7 Å². The van der Waals surface area contributed by atoms with Crippen LogP contribution in [0.4, 0.5) is 15.9 Å². The highest BCUT2D eigenvalue weighted by Gasteiger charge is 2.31. The van der Waals surface area contributed by atoms with E-state index in [4.69, 9.17) is 18.2 Å². The molecule has 5 rings (SSSR count).